The molecule has 0 saturated heterocycles. The SMILES string of the molecule is N#Cc1ccccc1-c1cc(-c2ccccn2)cn(-c2ccccc2)c1=O.O=c1c(Br)cc(-c2ccccn2)cn1-c1ccccc1. The number of nitriles is 1. The number of hydrogen-bond acceptors (Lipinski definition) is 5. The Kier molecular flexibility index (Phi) is 9.38. The van der Waals surface area contributed by atoms with Gasteiger partial charge < -0.3 is 0 Å². The maximum absolute atomic E-state index is 13.3. The van der Waals surface area contributed by atoms with E-state index in [1.165, 1.54) is 0 Å². The second kappa shape index (κ2) is 14.3. The van der Waals surface area contributed by atoms with Crippen molar-refractivity contribution >= 4 is 15.9 Å². The van der Waals surface area contributed by atoms with Crippen LogP contribution in [0.25, 0.3) is 45.0 Å². The van der Waals surface area contributed by atoms with E-state index in [0.717, 1.165) is 33.9 Å². The molecular formula is C39H26BrN5O2. The van der Waals surface area contributed by atoms with E-state index in [-0.39, 0.29) is 11.1 Å². The van der Waals surface area contributed by atoms with Crippen molar-refractivity contribution in [2.75, 3.05) is 0 Å². The van der Waals surface area contributed by atoms with Crippen LogP contribution in [0.3, 0.4) is 0 Å². The Bertz CT molecular complexity index is 2300. The normalized spacial score (nSPS) is 10.4. The van der Waals surface area contributed by atoms with Gasteiger partial charge in [0.15, 0.2) is 0 Å². The molecule has 0 saturated carbocycles. The van der Waals surface area contributed by atoms with E-state index in [0.29, 0.717) is 21.2 Å². The van der Waals surface area contributed by atoms with Gasteiger partial charge in [-0.05, 0) is 82.7 Å². The fraction of sp³-hybridized carbons (Fsp3) is 0. The maximum Gasteiger partial charge on any atom is 0.269 e. The standard InChI is InChI=1S/C23H15N3O.C16H11BrN2O/c24-15-17-8-4-5-11-20(17)21-14-18(22-12-6-7-13-25-22)16-26(23(21)27)19-9-2-1-3-10-19;17-14-10-12(15-8-4-5-9-18-15)11-19(16(14)20)13-6-2-1-3-7-13/h1-14,16H;1-11H. The number of para-hydroxylation sites is 2. The molecule has 0 unspecified atom stereocenters. The van der Waals surface area contributed by atoms with Gasteiger partial charge in [-0.15, -0.1) is 0 Å². The first-order chi connectivity index (χ1) is 23.0. The number of halogens is 1. The Labute approximate surface area is 279 Å². The van der Waals surface area contributed by atoms with Crippen LogP contribution >= 0.6 is 15.9 Å². The Balaban J connectivity index is 0.000000172. The highest BCUT2D eigenvalue weighted by Gasteiger charge is 2.15. The van der Waals surface area contributed by atoms with Crippen LogP contribution in [0.1, 0.15) is 5.56 Å². The van der Waals surface area contributed by atoms with Crippen LogP contribution in [0.2, 0.25) is 0 Å². The molecule has 0 atom stereocenters. The van der Waals surface area contributed by atoms with E-state index in [2.05, 4.69) is 32.0 Å². The number of benzene rings is 3. The lowest BCUT2D eigenvalue weighted by Crippen LogP contribution is -2.20. The average Bonchev–Trinajstić information content (AvgIpc) is 3.14. The summed E-state index contributed by atoms with van der Waals surface area (Å²) in [5.41, 5.74) is 6.17. The topological polar surface area (TPSA) is 93.6 Å². The van der Waals surface area contributed by atoms with Gasteiger partial charge in [-0.25, -0.2) is 0 Å². The molecule has 226 valence electrons. The summed E-state index contributed by atoms with van der Waals surface area (Å²) in [5, 5.41) is 9.47. The number of pyridine rings is 4. The highest BCUT2D eigenvalue weighted by molar-refractivity contribution is 9.10. The van der Waals surface area contributed by atoms with Crippen molar-refractivity contribution in [3.8, 4) is 51.1 Å². The van der Waals surface area contributed by atoms with Crippen LogP contribution in [0, 0.1) is 11.3 Å². The van der Waals surface area contributed by atoms with Crippen molar-refractivity contribution < 1.29 is 0 Å². The van der Waals surface area contributed by atoms with E-state index in [1.807, 2.05) is 109 Å². The second-order valence-electron chi connectivity index (χ2n) is 10.3. The van der Waals surface area contributed by atoms with Crippen LogP contribution < -0.4 is 11.1 Å². The third-order valence-corrected chi connectivity index (χ3v) is 7.89. The molecule has 0 amide bonds. The minimum atomic E-state index is -0.177. The fourth-order valence-electron chi connectivity index (χ4n) is 5.05. The molecule has 0 fully saturated rings. The fourth-order valence-corrected chi connectivity index (χ4v) is 5.48. The van der Waals surface area contributed by atoms with Crippen LogP contribution in [0.4, 0.5) is 0 Å². The predicted molar refractivity (Wildman–Crippen MR) is 188 cm³/mol. The predicted octanol–water partition coefficient (Wildman–Crippen LogP) is 8.10. The lowest BCUT2D eigenvalue weighted by molar-refractivity contribution is 0.981. The van der Waals surface area contributed by atoms with Crippen molar-refractivity contribution in [3.05, 3.63) is 189 Å². The summed E-state index contributed by atoms with van der Waals surface area (Å²) in [4.78, 5) is 34.2. The minimum absolute atomic E-state index is 0.0871. The van der Waals surface area contributed by atoms with Crippen LogP contribution in [0.15, 0.2) is 172 Å². The summed E-state index contributed by atoms with van der Waals surface area (Å²) in [5.74, 6) is 0. The number of aromatic nitrogens is 4. The lowest BCUT2D eigenvalue weighted by atomic mass is 9.99. The first-order valence-corrected chi connectivity index (χ1v) is 15.4. The first kappa shape index (κ1) is 30.8. The van der Waals surface area contributed by atoms with Gasteiger partial charge in [-0.3, -0.25) is 28.7 Å². The molecule has 0 aliphatic heterocycles. The largest absolute Gasteiger partial charge is 0.283 e. The number of hydrogen-bond donors (Lipinski definition) is 0. The van der Waals surface area contributed by atoms with Gasteiger partial charge in [0, 0.05) is 58.4 Å². The molecular weight excluding hydrogens is 650 g/mol. The molecule has 4 heterocycles. The van der Waals surface area contributed by atoms with E-state index >= 15 is 0 Å². The molecule has 7 nitrogen and oxygen atoms in total. The lowest BCUT2D eigenvalue weighted by Gasteiger charge is -2.13. The molecule has 7 aromatic rings. The Morgan fingerprint density at radius 1 is 0.553 bits per heavy atom. The zero-order valence-corrected chi connectivity index (χ0v) is 26.5. The van der Waals surface area contributed by atoms with E-state index in [4.69, 9.17) is 0 Å². The molecule has 0 bridgehead atoms. The number of nitrogens with zero attached hydrogens (tertiary/aromatic N) is 5. The molecule has 8 heteroatoms. The monoisotopic (exact) mass is 675 g/mol. The van der Waals surface area contributed by atoms with Crippen molar-refractivity contribution in [2.24, 2.45) is 0 Å². The quantitative estimate of drug-likeness (QED) is 0.184. The smallest absolute Gasteiger partial charge is 0.269 e. The third kappa shape index (κ3) is 6.91. The highest BCUT2D eigenvalue weighted by Crippen LogP contribution is 2.26. The summed E-state index contributed by atoms with van der Waals surface area (Å²) in [6.07, 6.45) is 7.06. The van der Waals surface area contributed by atoms with Gasteiger partial charge in [0.2, 0.25) is 0 Å². The van der Waals surface area contributed by atoms with Crippen LogP contribution in [0.5, 0.6) is 0 Å². The summed E-state index contributed by atoms with van der Waals surface area (Å²) >= 11 is 3.33. The summed E-state index contributed by atoms with van der Waals surface area (Å²) < 4.78 is 3.74. The van der Waals surface area contributed by atoms with Gasteiger partial charge in [-0.1, -0.05) is 66.7 Å². The molecule has 0 radical (unpaired) electrons. The summed E-state index contributed by atoms with van der Waals surface area (Å²) in [6, 6.07) is 43.2. The van der Waals surface area contributed by atoms with Gasteiger partial charge in [0.05, 0.1) is 27.5 Å². The average molecular weight is 677 g/mol. The Morgan fingerprint density at radius 3 is 1.57 bits per heavy atom. The summed E-state index contributed by atoms with van der Waals surface area (Å²) in [7, 11) is 0. The van der Waals surface area contributed by atoms with Gasteiger partial charge >= 0.3 is 0 Å². The first-order valence-electron chi connectivity index (χ1n) is 14.7. The molecule has 4 aromatic heterocycles. The zero-order valence-electron chi connectivity index (χ0n) is 24.9. The Hall–Kier alpha value is -6.17. The Morgan fingerprint density at radius 2 is 1.04 bits per heavy atom. The van der Waals surface area contributed by atoms with E-state index < -0.39 is 0 Å². The van der Waals surface area contributed by atoms with E-state index in [9.17, 15) is 14.9 Å². The zero-order chi connectivity index (χ0) is 32.6. The molecule has 0 aliphatic rings. The third-order valence-electron chi connectivity index (χ3n) is 7.32. The molecule has 3 aromatic carbocycles. The van der Waals surface area contributed by atoms with Crippen LogP contribution in [-0.2, 0) is 0 Å². The molecule has 0 spiro atoms. The van der Waals surface area contributed by atoms with Gasteiger partial charge in [0.1, 0.15) is 0 Å². The van der Waals surface area contributed by atoms with Crippen molar-refractivity contribution in [2.45, 2.75) is 0 Å². The van der Waals surface area contributed by atoms with Crippen molar-refractivity contribution in [1.29, 1.82) is 5.26 Å². The highest BCUT2D eigenvalue weighted by atomic mass is 79.9. The van der Waals surface area contributed by atoms with Crippen molar-refractivity contribution in [1.82, 2.24) is 19.1 Å². The molecule has 0 N–H and O–H groups in total. The van der Waals surface area contributed by atoms with Crippen molar-refractivity contribution in [3.63, 3.8) is 0 Å². The van der Waals surface area contributed by atoms with Crippen LogP contribution in [-0.4, -0.2) is 19.1 Å². The minimum Gasteiger partial charge on any atom is -0.283 e. The molecule has 47 heavy (non-hydrogen) atoms. The number of rotatable bonds is 5. The van der Waals surface area contributed by atoms with E-state index in [1.54, 1.807) is 58.1 Å². The maximum atomic E-state index is 13.3. The molecule has 7 rings (SSSR count). The van der Waals surface area contributed by atoms with Gasteiger partial charge in [0.25, 0.3) is 11.1 Å². The summed E-state index contributed by atoms with van der Waals surface area (Å²) in [6.45, 7) is 0. The second-order valence-corrected chi connectivity index (χ2v) is 11.2. The van der Waals surface area contributed by atoms with Gasteiger partial charge in [-0.2, -0.15) is 5.26 Å². The molecule has 0 aliphatic carbocycles.